The van der Waals surface area contributed by atoms with E-state index in [1.165, 1.54) is 28.8 Å². The average Bonchev–Trinajstić information content (AvgIpc) is 2.94. The minimum Gasteiger partial charge on any atom is -0.350 e. The second kappa shape index (κ2) is 6.78. The van der Waals surface area contributed by atoms with E-state index in [1.807, 2.05) is 6.92 Å². The van der Waals surface area contributed by atoms with Crippen molar-refractivity contribution in [2.24, 2.45) is 0 Å². The number of hydrogen-bond donors (Lipinski definition) is 1. The molecule has 1 amide bonds. The molecule has 3 rings (SSSR count). The molecule has 2 heterocycles. The molecule has 3 aromatic rings. The molecular weight excluding hydrogens is 312 g/mol. The fourth-order valence-corrected chi connectivity index (χ4v) is 2.61. The number of aromatic nitrogens is 2. The largest absolute Gasteiger partial charge is 0.350 e. The minimum atomic E-state index is -0.428. The van der Waals surface area contributed by atoms with Gasteiger partial charge in [-0.3, -0.25) is 9.20 Å². The van der Waals surface area contributed by atoms with Crippen LogP contribution in [0.4, 0.5) is 8.78 Å². The summed E-state index contributed by atoms with van der Waals surface area (Å²) in [5.74, 6) is -1.02. The molecule has 0 bridgehead atoms. The number of rotatable bonds is 5. The normalized spacial score (nSPS) is 11.0. The van der Waals surface area contributed by atoms with Crippen molar-refractivity contribution in [1.82, 2.24) is 14.7 Å². The molecule has 0 spiro atoms. The monoisotopic (exact) mass is 329 g/mol. The van der Waals surface area contributed by atoms with E-state index in [0.717, 1.165) is 5.56 Å². The first-order chi connectivity index (χ1) is 11.6. The van der Waals surface area contributed by atoms with Gasteiger partial charge in [-0.25, -0.2) is 13.8 Å². The lowest BCUT2D eigenvalue weighted by molar-refractivity contribution is 0.0947. The van der Waals surface area contributed by atoms with Crippen molar-refractivity contribution in [2.75, 3.05) is 6.54 Å². The average molecular weight is 329 g/mol. The SMILES string of the molecule is CCc1nc2ccc(F)cn2c1C(=O)NCCc1ccc(F)cc1. The Morgan fingerprint density at radius 1 is 1.12 bits per heavy atom. The van der Waals surface area contributed by atoms with Crippen molar-refractivity contribution in [3.8, 4) is 0 Å². The predicted molar refractivity (Wildman–Crippen MR) is 87.0 cm³/mol. The number of amides is 1. The Morgan fingerprint density at radius 2 is 1.83 bits per heavy atom. The molecule has 0 unspecified atom stereocenters. The zero-order valence-corrected chi connectivity index (χ0v) is 13.2. The molecule has 0 atom stereocenters. The lowest BCUT2D eigenvalue weighted by Gasteiger charge is -2.07. The molecule has 1 aromatic carbocycles. The number of nitrogens with one attached hydrogen (secondary N) is 1. The van der Waals surface area contributed by atoms with E-state index in [0.29, 0.717) is 36.4 Å². The number of nitrogens with zero attached hydrogens (tertiary/aromatic N) is 2. The maximum absolute atomic E-state index is 13.5. The summed E-state index contributed by atoms with van der Waals surface area (Å²) in [6, 6.07) is 9.01. The number of fused-ring (bicyclic) bond motifs is 1. The van der Waals surface area contributed by atoms with Crippen molar-refractivity contribution in [2.45, 2.75) is 19.8 Å². The molecule has 1 N–H and O–H groups in total. The number of carbonyl (C=O) groups excluding carboxylic acids is 1. The lowest BCUT2D eigenvalue weighted by atomic mass is 10.1. The summed E-state index contributed by atoms with van der Waals surface area (Å²) in [4.78, 5) is 16.9. The van der Waals surface area contributed by atoms with Gasteiger partial charge in [-0.1, -0.05) is 19.1 Å². The molecule has 0 aliphatic heterocycles. The third-order valence-electron chi connectivity index (χ3n) is 3.82. The van der Waals surface area contributed by atoms with E-state index in [2.05, 4.69) is 10.3 Å². The predicted octanol–water partition coefficient (Wildman–Crippen LogP) is 3.15. The quantitative estimate of drug-likeness (QED) is 0.782. The summed E-state index contributed by atoms with van der Waals surface area (Å²) in [7, 11) is 0. The minimum absolute atomic E-state index is 0.289. The molecule has 6 heteroatoms. The van der Waals surface area contributed by atoms with Crippen LogP contribution in [0.3, 0.4) is 0 Å². The first-order valence-electron chi connectivity index (χ1n) is 7.77. The standard InChI is InChI=1S/C18H17F2N3O/c1-2-15-17(23-11-14(20)7-8-16(23)22-15)18(24)21-10-9-12-3-5-13(19)6-4-12/h3-8,11H,2,9-10H2,1H3,(H,21,24). The Bertz CT molecular complexity index is 872. The van der Waals surface area contributed by atoms with Crippen molar-refractivity contribution in [3.63, 3.8) is 0 Å². The van der Waals surface area contributed by atoms with Crippen molar-refractivity contribution < 1.29 is 13.6 Å². The zero-order valence-electron chi connectivity index (χ0n) is 13.2. The maximum Gasteiger partial charge on any atom is 0.270 e. The molecule has 0 saturated heterocycles. The van der Waals surface area contributed by atoms with Crippen LogP contribution in [0, 0.1) is 11.6 Å². The number of benzene rings is 1. The lowest BCUT2D eigenvalue weighted by Crippen LogP contribution is -2.27. The molecule has 0 aliphatic carbocycles. The van der Waals surface area contributed by atoms with Crippen molar-refractivity contribution in [1.29, 1.82) is 0 Å². The third kappa shape index (κ3) is 3.27. The molecule has 0 aliphatic rings. The number of halogens is 2. The van der Waals surface area contributed by atoms with Gasteiger partial charge in [0.15, 0.2) is 0 Å². The van der Waals surface area contributed by atoms with E-state index in [-0.39, 0.29) is 11.7 Å². The molecule has 0 saturated carbocycles. The summed E-state index contributed by atoms with van der Waals surface area (Å²) in [6.45, 7) is 2.30. The Morgan fingerprint density at radius 3 is 2.54 bits per heavy atom. The van der Waals surface area contributed by atoms with Gasteiger partial charge in [0.1, 0.15) is 23.0 Å². The van der Waals surface area contributed by atoms with Gasteiger partial charge in [0.25, 0.3) is 5.91 Å². The number of hydrogen-bond acceptors (Lipinski definition) is 2. The first-order valence-corrected chi connectivity index (χ1v) is 7.77. The van der Waals surface area contributed by atoms with E-state index in [4.69, 9.17) is 0 Å². The summed E-state index contributed by atoms with van der Waals surface area (Å²) >= 11 is 0. The van der Waals surface area contributed by atoms with E-state index >= 15 is 0 Å². The summed E-state index contributed by atoms with van der Waals surface area (Å²) in [5, 5.41) is 2.82. The van der Waals surface area contributed by atoms with Crippen LogP contribution in [0.5, 0.6) is 0 Å². The van der Waals surface area contributed by atoms with Crippen LogP contribution in [0.2, 0.25) is 0 Å². The van der Waals surface area contributed by atoms with E-state index in [1.54, 1.807) is 18.2 Å². The molecule has 0 radical (unpaired) electrons. The summed E-state index contributed by atoms with van der Waals surface area (Å²) < 4.78 is 27.8. The van der Waals surface area contributed by atoms with Gasteiger partial charge in [-0.05, 0) is 42.7 Å². The second-order valence-corrected chi connectivity index (χ2v) is 5.47. The van der Waals surface area contributed by atoms with Crippen LogP contribution in [-0.4, -0.2) is 21.8 Å². The fourth-order valence-electron chi connectivity index (χ4n) is 2.61. The number of aryl methyl sites for hydroxylation is 1. The molecule has 4 nitrogen and oxygen atoms in total. The Balaban J connectivity index is 1.75. The maximum atomic E-state index is 13.5. The van der Waals surface area contributed by atoms with Gasteiger partial charge in [0.2, 0.25) is 0 Å². The van der Waals surface area contributed by atoms with Gasteiger partial charge in [-0.15, -0.1) is 0 Å². The topological polar surface area (TPSA) is 46.4 Å². The Kier molecular flexibility index (Phi) is 4.55. The Labute approximate surface area is 138 Å². The third-order valence-corrected chi connectivity index (χ3v) is 3.82. The highest BCUT2D eigenvalue weighted by atomic mass is 19.1. The van der Waals surface area contributed by atoms with Crippen LogP contribution in [0.1, 0.15) is 28.7 Å². The zero-order chi connectivity index (χ0) is 17.1. The second-order valence-electron chi connectivity index (χ2n) is 5.47. The smallest absolute Gasteiger partial charge is 0.270 e. The van der Waals surface area contributed by atoms with Crippen molar-refractivity contribution in [3.05, 3.63) is 71.2 Å². The van der Waals surface area contributed by atoms with Crippen LogP contribution in [0.15, 0.2) is 42.6 Å². The van der Waals surface area contributed by atoms with Gasteiger partial charge in [-0.2, -0.15) is 0 Å². The van der Waals surface area contributed by atoms with E-state index < -0.39 is 5.82 Å². The number of imidazole rings is 1. The molecule has 0 fully saturated rings. The van der Waals surface area contributed by atoms with Crippen LogP contribution < -0.4 is 5.32 Å². The van der Waals surface area contributed by atoms with Crippen LogP contribution in [0.25, 0.3) is 5.65 Å². The molecular formula is C18H17F2N3O. The van der Waals surface area contributed by atoms with Gasteiger partial charge >= 0.3 is 0 Å². The first kappa shape index (κ1) is 16.1. The number of carbonyl (C=O) groups is 1. The molecule has 24 heavy (non-hydrogen) atoms. The Hall–Kier alpha value is -2.76. The van der Waals surface area contributed by atoms with E-state index in [9.17, 15) is 13.6 Å². The highest BCUT2D eigenvalue weighted by Crippen LogP contribution is 2.14. The van der Waals surface area contributed by atoms with Gasteiger partial charge in [0.05, 0.1) is 5.69 Å². The van der Waals surface area contributed by atoms with Crippen LogP contribution >= 0.6 is 0 Å². The van der Waals surface area contributed by atoms with Crippen LogP contribution in [-0.2, 0) is 12.8 Å². The van der Waals surface area contributed by atoms with Gasteiger partial charge in [0, 0.05) is 12.7 Å². The van der Waals surface area contributed by atoms with Crippen molar-refractivity contribution >= 4 is 11.6 Å². The highest BCUT2D eigenvalue weighted by molar-refractivity contribution is 5.94. The number of pyridine rings is 1. The highest BCUT2D eigenvalue weighted by Gasteiger charge is 2.18. The fraction of sp³-hybridized carbons (Fsp3) is 0.222. The summed E-state index contributed by atoms with van der Waals surface area (Å²) in [6.07, 6.45) is 2.42. The van der Waals surface area contributed by atoms with Gasteiger partial charge < -0.3 is 5.32 Å². The molecule has 2 aromatic heterocycles. The molecule has 124 valence electrons. The summed E-state index contributed by atoms with van der Waals surface area (Å²) in [5.41, 5.74) is 2.44.